The number of carbonyl (C=O) groups is 2. The highest BCUT2D eigenvalue weighted by Gasteiger charge is 2.30. The van der Waals surface area contributed by atoms with Gasteiger partial charge >= 0.3 is 0 Å². The smallest absolute Gasteiger partial charge is 0.258 e. The average molecular weight is 478 g/mol. The van der Waals surface area contributed by atoms with E-state index in [0.717, 1.165) is 29.3 Å². The van der Waals surface area contributed by atoms with Crippen molar-refractivity contribution >= 4 is 44.0 Å². The van der Waals surface area contributed by atoms with Crippen LogP contribution in [0.2, 0.25) is 0 Å². The van der Waals surface area contributed by atoms with Crippen molar-refractivity contribution in [3.63, 3.8) is 0 Å². The summed E-state index contributed by atoms with van der Waals surface area (Å²) in [6.07, 6.45) is 1.71. The second kappa shape index (κ2) is 8.52. The van der Waals surface area contributed by atoms with Gasteiger partial charge in [-0.05, 0) is 68.1 Å². The molecule has 0 saturated carbocycles. The van der Waals surface area contributed by atoms with Gasteiger partial charge in [-0.1, -0.05) is 19.1 Å². The van der Waals surface area contributed by atoms with Crippen molar-refractivity contribution in [1.82, 2.24) is 4.31 Å². The summed E-state index contributed by atoms with van der Waals surface area (Å²) in [5.74, 6) is 0.159. The molecule has 0 spiro atoms. The van der Waals surface area contributed by atoms with Crippen LogP contribution in [-0.2, 0) is 10.0 Å². The van der Waals surface area contributed by atoms with Crippen LogP contribution in [0.15, 0.2) is 59.5 Å². The second-order valence-corrected chi connectivity index (χ2v) is 10.9. The molecule has 34 heavy (non-hydrogen) atoms. The van der Waals surface area contributed by atoms with E-state index in [1.165, 1.54) is 28.6 Å². The number of hydrogen-bond acceptors (Lipinski definition) is 4. The summed E-state index contributed by atoms with van der Waals surface area (Å²) in [6, 6.07) is 15.2. The predicted molar refractivity (Wildman–Crippen MR) is 133 cm³/mol. The number of benzene rings is 3. The standard InChI is InChI=1S/C26H27N3O4S/c1-3-29-23-12-11-22(20-5-4-6-21(24(20)23)26(29)31)27-25(30)18-7-9-19(10-8-18)34(32,33)28-15-13-17(2)14-16-28/h4-12,17H,3,13-16H2,1-2H3,(H,27,30). The van der Waals surface area contributed by atoms with E-state index in [0.29, 0.717) is 42.4 Å². The Kier molecular flexibility index (Phi) is 5.65. The molecule has 2 amide bonds. The number of rotatable bonds is 5. The molecule has 0 radical (unpaired) electrons. The number of sulfonamides is 1. The van der Waals surface area contributed by atoms with E-state index in [2.05, 4.69) is 12.2 Å². The number of amides is 2. The van der Waals surface area contributed by atoms with Crippen LogP contribution in [0.4, 0.5) is 11.4 Å². The topological polar surface area (TPSA) is 86.8 Å². The van der Waals surface area contributed by atoms with Crippen LogP contribution < -0.4 is 10.2 Å². The molecular weight excluding hydrogens is 450 g/mol. The quantitative estimate of drug-likeness (QED) is 0.587. The van der Waals surface area contributed by atoms with Crippen LogP contribution in [0.1, 0.15) is 47.4 Å². The molecule has 7 nitrogen and oxygen atoms in total. The van der Waals surface area contributed by atoms with Crippen molar-refractivity contribution < 1.29 is 18.0 Å². The van der Waals surface area contributed by atoms with Gasteiger partial charge in [0.2, 0.25) is 10.0 Å². The lowest BCUT2D eigenvalue weighted by molar-refractivity contribution is 0.0992. The molecule has 0 aromatic heterocycles. The Morgan fingerprint density at radius 2 is 1.74 bits per heavy atom. The summed E-state index contributed by atoms with van der Waals surface area (Å²) >= 11 is 0. The largest absolute Gasteiger partial charge is 0.321 e. The Morgan fingerprint density at radius 3 is 2.41 bits per heavy atom. The Bertz CT molecular complexity index is 1390. The minimum Gasteiger partial charge on any atom is -0.321 e. The fraction of sp³-hybridized carbons (Fsp3) is 0.308. The molecule has 1 N–H and O–H groups in total. The Hall–Kier alpha value is -3.23. The van der Waals surface area contributed by atoms with Crippen LogP contribution >= 0.6 is 0 Å². The van der Waals surface area contributed by atoms with Gasteiger partial charge in [-0.2, -0.15) is 4.31 Å². The van der Waals surface area contributed by atoms with Crippen LogP contribution in [0, 0.1) is 5.92 Å². The lowest BCUT2D eigenvalue weighted by Crippen LogP contribution is -2.37. The lowest BCUT2D eigenvalue weighted by atomic mass is 10.0. The SMILES string of the molecule is CCN1C(=O)c2cccc3c(NC(=O)c4ccc(S(=O)(=O)N5CCC(C)CC5)cc4)ccc1c23. The van der Waals surface area contributed by atoms with E-state index >= 15 is 0 Å². The van der Waals surface area contributed by atoms with Crippen molar-refractivity contribution in [3.8, 4) is 0 Å². The molecule has 3 aromatic rings. The number of hydrogen-bond donors (Lipinski definition) is 1. The molecule has 5 rings (SSSR count). The molecule has 0 unspecified atom stereocenters. The van der Waals surface area contributed by atoms with Gasteiger partial charge in [0, 0.05) is 47.2 Å². The molecule has 0 bridgehead atoms. The van der Waals surface area contributed by atoms with Crippen molar-refractivity contribution in [3.05, 3.63) is 65.7 Å². The molecule has 2 aliphatic rings. The van der Waals surface area contributed by atoms with Crippen LogP contribution in [0.25, 0.3) is 10.8 Å². The minimum absolute atomic E-state index is 0.0356. The molecule has 176 valence electrons. The van der Waals surface area contributed by atoms with Gasteiger partial charge in [0.15, 0.2) is 0 Å². The summed E-state index contributed by atoms with van der Waals surface area (Å²) in [4.78, 5) is 27.6. The molecule has 0 aliphatic carbocycles. The summed E-state index contributed by atoms with van der Waals surface area (Å²) in [5, 5.41) is 4.56. The summed E-state index contributed by atoms with van der Waals surface area (Å²) < 4.78 is 27.4. The molecule has 1 saturated heterocycles. The van der Waals surface area contributed by atoms with Crippen LogP contribution in [0.5, 0.6) is 0 Å². The normalized spacial score (nSPS) is 16.9. The van der Waals surface area contributed by atoms with E-state index in [1.807, 2.05) is 25.1 Å². The third-order valence-corrected chi connectivity index (χ3v) is 8.76. The van der Waals surface area contributed by atoms with Crippen molar-refractivity contribution in [2.24, 2.45) is 5.92 Å². The zero-order valence-corrected chi connectivity index (χ0v) is 20.1. The zero-order valence-electron chi connectivity index (χ0n) is 19.2. The molecule has 1 fully saturated rings. The third kappa shape index (κ3) is 3.67. The molecule has 8 heteroatoms. The average Bonchev–Trinajstić information content (AvgIpc) is 3.13. The predicted octanol–water partition coefficient (Wildman–Crippen LogP) is 4.49. The van der Waals surface area contributed by atoms with Crippen LogP contribution in [0.3, 0.4) is 0 Å². The highest BCUT2D eigenvalue weighted by Crippen LogP contribution is 2.40. The van der Waals surface area contributed by atoms with Crippen molar-refractivity contribution in [2.75, 3.05) is 29.9 Å². The third-order valence-electron chi connectivity index (χ3n) is 6.85. The van der Waals surface area contributed by atoms with Crippen LogP contribution in [-0.4, -0.2) is 44.2 Å². The fourth-order valence-electron chi connectivity index (χ4n) is 4.82. The number of nitrogens with one attached hydrogen (secondary N) is 1. The van der Waals surface area contributed by atoms with Gasteiger partial charge < -0.3 is 10.2 Å². The maximum absolute atomic E-state index is 13.0. The summed E-state index contributed by atoms with van der Waals surface area (Å²) in [5.41, 5.74) is 2.45. The Morgan fingerprint density at radius 1 is 1.03 bits per heavy atom. The van der Waals surface area contributed by atoms with Crippen molar-refractivity contribution in [2.45, 2.75) is 31.6 Å². The van der Waals surface area contributed by atoms with E-state index < -0.39 is 10.0 Å². The molecule has 2 aliphatic heterocycles. The van der Waals surface area contributed by atoms with E-state index in [9.17, 15) is 18.0 Å². The second-order valence-electron chi connectivity index (χ2n) is 8.97. The molecule has 2 heterocycles. The molecule has 0 atom stereocenters. The summed E-state index contributed by atoms with van der Waals surface area (Å²) in [6.45, 7) is 5.68. The van der Waals surface area contributed by atoms with E-state index in [1.54, 1.807) is 17.0 Å². The zero-order chi connectivity index (χ0) is 24.0. The summed E-state index contributed by atoms with van der Waals surface area (Å²) in [7, 11) is -3.57. The van der Waals surface area contributed by atoms with Gasteiger partial charge in [-0.3, -0.25) is 9.59 Å². The first kappa shape index (κ1) is 22.6. The number of piperidine rings is 1. The molecular formula is C26H27N3O4S. The van der Waals surface area contributed by atoms with Gasteiger partial charge in [-0.25, -0.2) is 8.42 Å². The molecule has 3 aromatic carbocycles. The Labute approximate surface area is 199 Å². The van der Waals surface area contributed by atoms with Gasteiger partial charge in [-0.15, -0.1) is 0 Å². The minimum atomic E-state index is -3.57. The lowest BCUT2D eigenvalue weighted by Gasteiger charge is -2.29. The number of carbonyl (C=O) groups excluding carboxylic acids is 2. The number of nitrogens with zero attached hydrogens (tertiary/aromatic N) is 2. The first-order chi connectivity index (χ1) is 16.3. The first-order valence-electron chi connectivity index (χ1n) is 11.6. The van der Waals surface area contributed by atoms with Crippen molar-refractivity contribution in [1.29, 1.82) is 0 Å². The van der Waals surface area contributed by atoms with E-state index in [4.69, 9.17) is 0 Å². The van der Waals surface area contributed by atoms with Gasteiger partial charge in [0.1, 0.15) is 0 Å². The first-order valence-corrected chi connectivity index (χ1v) is 13.0. The fourth-order valence-corrected chi connectivity index (χ4v) is 6.29. The maximum atomic E-state index is 13.0. The maximum Gasteiger partial charge on any atom is 0.258 e. The highest BCUT2D eigenvalue weighted by molar-refractivity contribution is 7.89. The number of anilines is 2. The monoisotopic (exact) mass is 477 g/mol. The Balaban J connectivity index is 1.39. The van der Waals surface area contributed by atoms with E-state index in [-0.39, 0.29) is 16.7 Å². The van der Waals surface area contributed by atoms with Gasteiger partial charge in [0.05, 0.1) is 10.6 Å². The highest BCUT2D eigenvalue weighted by atomic mass is 32.2. The van der Waals surface area contributed by atoms with Gasteiger partial charge in [0.25, 0.3) is 11.8 Å².